The van der Waals surface area contributed by atoms with E-state index in [1.165, 1.54) is 0 Å². The molecule has 0 saturated heterocycles. The van der Waals surface area contributed by atoms with Crippen LogP contribution in [-0.2, 0) is 17.1 Å². The van der Waals surface area contributed by atoms with Crippen LogP contribution in [0.25, 0.3) is 0 Å². The van der Waals surface area contributed by atoms with Crippen molar-refractivity contribution in [3.63, 3.8) is 0 Å². The molecule has 11 heavy (non-hydrogen) atoms. The van der Waals surface area contributed by atoms with Gasteiger partial charge in [0.1, 0.15) is 0 Å². The molecule has 0 spiro atoms. The first-order valence-electron chi connectivity index (χ1n) is 1.22. The molecular formula is C2CuNa2O6. The number of hydrogen-bond donors (Lipinski definition) is 0. The van der Waals surface area contributed by atoms with E-state index in [2.05, 4.69) is 0 Å². The molecule has 0 atom stereocenters. The zero-order chi connectivity index (χ0) is 7.15. The molecule has 0 aromatic carbocycles. The summed E-state index contributed by atoms with van der Waals surface area (Å²) < 4.78 is 0. The molecule has 1 radical (unpaired) electrons. The van der Waals surface area contributed by atoms with Gasteiger partial charge in [-0.3, -0.25) is 0 Å². The summed E-state index contributed by atoms with van der Waals surface area (Å²) in [5.41, 5.74) is 0. The Balaban J connectivity index is -0.0000000171. The molecule has 0 rings (SSSR count). The smallest absolute Gasteiger partial charge is 0.652 e. The van der Waals surface area contributed by atoms with Gasteiger partial charge in [-0.15, -0.1) is 0 Å². The monoisotopic (exact) mass is 229 g/mol. The summed E-state index contributed by atoms with van der Waals surface area (Å²) in [6.07, 6.45) is -4.67. The van der Waals surface area contributed by atoms with Crippen molar-refractivity contribution in [3.8, 4) is 0 Å². The van der Waals surface area contributed by atoms with E-state index in [-0.39, 0.29) is 76.2 Å². The molecule has 0 fully saturated rings. The minimum atomic E-state index is -2.33. The molecule has 0 unspecified atom stereocenters. The Morgan fingerprint density at radius 2 is 0.727 bits per heavy atom. The molecule has 0 aromatic rings. The molecule has 57 valence electrons. The first-order chi connectivity index (χ1) is 3.46. The topological polar surface area (TPSA) is 126 Å². The largest absolute Gasteiger partial charge is 2.00 e. The summed E-state index contributed by atoms with van der Waals surface area (Å²) in [4.78, 5) is 16.7. The van der Waals surface area contributed by atoms with Crippen LogP contribution < -0.4 is 79.5 Å². The van der Waals surface area contributed by atoms with E-state index in [0.29, 0.717) is 0 Å². The number of carbonyl (C=O) groups is 2. The number of carbonyl (C=O) groups excluding carboxylic acids is 2. The third-order valence-corrected chi connectivity index (χ3v) is 0. The molecular weight excluding hydrogens is 230 g/mol. The Morgan fingerprint density at radius 3 is 0.727 bits per heavy atom. The summed E-state index contributed by atoms with van der Waals surface area (Å²) in [5.74, 6) is 0. The van der Waals surface area contributed by atoms with Gasteiger partial charge < -0.3 is 30.0 Å². The normalized spacial score (nSPS) is 4.36. The molecule has 0 bridgehead atoms. The van der Waals surface area contributed by atoms with Crippen molar-refractivity contribution in [2.75, 3.05) is 0 Å². The SMILES string of the molecule is O=C([O-])[O-].O=C([O-])[O-].[Cu+2].[Na+].[Na+]. The van der Waals surface area contributed by atoms with E-state index in [0.717, 1.165) is 0 Å². The van der Waals surface area contributed by atoms with E-state index in [9.17, 15) is 0 Å². The fourth-order valence-electron chi connectivity index (χ4n) is 0. The minimum absolute atomic E-state index is 0. The van der Waals surface area contributed by atoms with E-state index >= 15 is 0 Å². The third-order valence-electron chi connectivity index (χ3n) is 0. The van der Waals surface area contributed by atoms with Crippen molar-refractivity contribution in [1.82, 2.24) is 0 Å². The van der Waals surface area contributed by atoms with Gasteiger partial charge >= 0.3 is 76.2 Å². The molecule has 0 amide bonds. The zero-order valence-corrected chi connectivity index (χ0v) is 10.7. The van der Waals surface area contributed by atoms with Gasteiger partial charge in [0.15, 0.2) is 0 Å². The first kappa shape index (κ1) is 29.6. The second kappa shape index (κ2) is 22.5. The average Bonchev–Trinajstić information content (AvgIpc) is 1.25. The van der Waals surface area contributed by atoms with E-state index < -0.39 is 12.3 Å². The van der Waals surface area contributed by atoms with Crippen molar-refractivity contribution >= 4 is 12.3 Å². The average molecular weight is 230 g/mol. The van der Waals surface area contributed by atoms with Crippen molar-refractivity contribution in [2.24, 2.45) is 0 Å². The Labute approximate surface area is 117 Å². The molecule has 0 aliphatic rings. The Hall–Kier alpha value is 1.06. The van der Waals surface area contributed by atoms with E-state index in [4.69, 9.17) is 30.0 Å². The zero-order valence-electron chi connectivity index (χ0n) is 5.75. The van der Waals surface area contributed by atoms with E-state index in [1.54, 1.807) is 0 Å². The van der Waals surface area contributed by atoms with Crippen molar-refractivity contribution in [3.05, 3.63) is 0 Å². The van der Waals surface area contributed by atoms with Gasteiger partial charge in [-0.05, 0) is 12.3 Å². The molecule has 0 saturated carbocycles. The maximum atomic E-state index is 8.33. The van der Waals surface area contributed by atoms with Gasteiger partial charge in [-0.2, -0.15) is 0 Å². The summed E-state index contributed by atoms with van der Waals surface area (Å²) in [5, 5.41) is 33.3. The molecule has 9 heteroatoms. The molecule has 0 aliphatic heterocycles. The third kappa shape index (κ3) is 809. The summed E-state index contributed by atoms with van der Waals surface area (Å²) in [6.45, 7) is 0. The van der Waals surface area contributed by atoms with Crippen LogP contribution in [0.1, 0.15) is 0 Å². The number of hydrogen-bond acceptors (Lipinski definition) is 6. The first-order valence-corrected chi connectivity index (χ1v) is 1.22. The van der Waals surface area contributed by atoms with Gasteiger partial charge in [0.05, 0.1) is 0 Å². The van der Waals surface area contributed by atoms with Crippen LogP contribution >= 0.6 is 0 Å². The van der Waals surface area contributed by atoms with Crippen LogP contribution in [0.3, 0.4) is 0 Å². The second-order valence-electron chi connectivity index (χ2n) is 0.500. The Morgan fingerprint density at radius 1 is 0.727 bits per heavy atom. The Kier molecular flexibility index (Phi) is 60.4. The summed E-state index contributed by atoms with van der Waals surface area (Å²) in [6, 6.07) is 0. The fourth-order valence-corrected chi connectivity index (χ4v) is 0. The van der Waals surface area contributed by atoms with Gasteiger partial charge in [-0.1, -0.05) is 0 Å². The fraction of sp³-hybridized carbons (Fsp3) is 0. The van der Waals surface area contributed by atoms with Gasteiger partial charge in [0.2, 0.25) is 0 Å². The van der Waals surface area contributed by atoms with Crippen LogP contribution in [0.15, 0.2) is 0 Å². The molecule has 0 aromatic heterocycles. The van der Waals surface area contributed by atoms with Crippen LogP contribution in [0.2, 0.25) is 0 Å². The maximum Gasteiger partial charge on any atom is 2.00 e. The van der Waals surface area contributed by atoms with Crippen LogP contribution in [0.4, 0.5) is 9.59 Å². The molecule has 6 nitrogen and oxygen atoms in total. The maximum absolute atomic E-state index is 8.33. The van der Waals surface area contributed by atoms with Crippen molar-refractivity contribution in [2.45, 2.75) is 0 Å². The summed E-state index contributed by atoms with van der Waals surface area (Å²) in [7, 11) is 0. The second-order valence-corrected chi connectivity index (χ2v) is 0.500. The minimum Gasteiger partial charge on any atom is -0.652 e. The number of rotatable bonds is 0. The van der Waals surface area contributed by atoms with Crippen LogP contribution in [-0.4, -0.2) is 12.3 Å². The Bertz CT molecular complexity index is 76.6. The quantitative estimate of drug-likeness (QED) is 0.380. The van der Waals surface area contributed by atoms with E-state index in [1.807, 2.05) is 0 Å². The molecule has 0 heterocycles. The summed E-state index contributed by atoms with van der Waals surface area (Å²) >= 11 is 0. The van der Waals surface area contributed by atoms with Gasteiger partial charge in [0.25, 0.3) is 0 Å². The molecule has 0 aliphatic carbocycles. The van der Waals surface area contributed by atoms with Gasteiger partial charge in [0, 0.05) is 0 Å². The van der Waals surface area contributed by atoms with Crippen molar-refractivity contribution in [1.29, 1.82) is 0 Å². The van der Waals surface area contributed by atoms with Gasteiger partial charge in [-0.25, -0.2) is 0 Å². The number of carboxylic acid groups (broad SMARTS) is 4. The van der Waals surface area contributed by atoms with Crippen molar-refractivity contribution < 1.29 is 106 Å². The van der Waals surface area contributed by atoms with Crippen LogP contribution in [0.5, 0.6) is 0 Å². The predicted octanol–water partition coefficient (Wildman–Crippen LogP) is -10.9. The molecule has 0 N–H and O–H groups in total. The van der Waals surface area contributed by atoms with Crippen LogP contribution in [0, 0.1) is 0 Å². The predicted molar refractivity (Wildman–Crippen MR) is 10.8 cm³/mol. The standard InChI is InChI=1S/2CH2O3.Cu.2Na/c2*2-1(3)4;;;/h2*(H2,2,3,4);;;/q;;+2;2*+1/p-4.